The lowest BCUT2D eigenvalue weighted by Gasteiger charge is -2.12. The van der Waals surface area contributed by atoms with Gasteiger partial charge in [-0.1, -0.05) is 36.4 Å². The average molecular weight is 344 g/mol. The van der Waals surface area contributed by atoms with Gasteiger partial charge in [0.1, 0.15) is 0 Å². The Kier molecular flexibility index (Phi) is 4.57. The van der Waals surface area contributed by atoms with Crippen molar-refractivity contribution in [3.63, 3.8) is 0 Å². The summed E-state index contributed by atoms with van der Waals surface area (Å²) in [6.45, 7) is 2.96. The molecule has 0 aliphatic carbocycles. The Labute approximate surface area is 141 Å². The summed E-state index contributed by atoms with van der Waals surface area (Å²) >= 11 is 0. The molecule has 3 aromatic rings. The molecule has 0 aliphatic rings. The van der Waals surface area contributed by atoms with Crippen LogP contribution in [0.1, 0.15) is 18.1 Å². The number of benzene rings is 2. The molecule has 0 unspecified atom stereocenters. The number of fused-ring (bicyclic) bond motifs is 1. The predicted molar refractivity (Wildman–Crippen MR) is 95.0 cm³/mol. The molecule has 0 radical (unpaired) electrons. The number of para-hydroxylation sites is 2. The van der Waals surface area contributed by atoms with Crippen LogP contribution < -0.4 is 4.74 Å². The summed E-state index contributed by atoms with van der Waals surface area (Å²) in [4.78, 5) is 4.53. The molecule has 0 aliphatic heterocycles. The Balaban J connectivity index is 2.06. The second kappa shape index (κ2) is 6.65. The van der Waals surface area contributed by atoms with Crippen molar-refractivity contribution in [2.75, 3.05) is 12.9 Å². The van der Waals surface area contributed by atoms with Crippen molar-refractivity contribution < 1.29 is 13.2 Å². The molecule has 1 aromatic heterocycles. The summed E-state index contributed by atoms with van der Waals surface area (Å²) < 4.78 is 31.0. The largest absolute Gasteiger partial charge is 0.465 e. The van der Waals surface area contributed by atoms with Gasteiger partial charge in [0.15, 0.2) is 9.84 Å². The normalized spacial score (nSPS) is 11.8. The van der Waals surface area contributed by atoms with Gasteiger partial charge >= 0.3 is 0 Å². The van der Waals surface area contributed by atoms with E-state index >= 15 is 0 Å². The molecule has 5 nitrogen and oxygen atoms in total. The van der Waals surface area contributed by atoms with Gasteiger partial charge in [-0.05, 0) is 30.2 Å². The molecule has 126 valence electrons. The molecule has 0 fully saturated rings. The lowest BCUT2D eigenvalue weighted by Crippen LogP contribution is -2.09. The number of imidazole rings is 1. The Morgan fingerprint density at radius 1 is 1.04 bits per heavy atom. The van der Waals surface area contributed by atoms with Crippen LogP contribution in [0.2, 0.25) is 0 Å². The van der Waals surface area contributed by atoms with E-state index in [-0.39, 0.29) is 5.75 Å². The van der Waals surface area contributed by atoms with Gasteiger partial charge < -0.3 is 4.74 Å². The summed E-state index contributed by atoms with van der Waals surface area (Å²) in [6, 6.07) is 16.0. The number of hydrogen-bond acceptors (Lipinski definition) is 4. The van der Waals surface area contributed by atoms with Gasteiger partial charge in [0.05, 0.1) is 29.9 Å². The van der Waals surface area contributed by atoms with E-state index in [9.17, 15) is 8.42 Å². The van der Waals surface area contributed by atoms with E-state index < -0.39 is 9.84 Å². The van der Waals surface area contributed by atoms with Crippen LogP contribution in [0.5, 0.6) is 6.01 Å². The third kappa shape index (κ3) is 3.59. The maximum absolute atomic E-state index is 11.7. The molecule has 0 saturated heterocycles. The molecule has 24 heavy (non-hydrogen) atoms. The van der Waals surface area contributed by atoms with E-state index in [1.165, 1.54) is 6.26 Å². The number of hydrogen-bond donors (Lipinski definition) is 0. The highest BCUT2D eigenvalue weighted by Gasteiger charge is 2.15. The maximum atomic E-state index is 11.7. The zero-order valence-electron chi connectivity index (χ0n) is 13.8. The first-order valence-corrected chi connectivity index (χ1v) is 9.86. The van der Waals surface area contributed by atoms with Crippen LogP contribution >= 0.6 is 0 Å². The monoisotopic (exact) mass is 344 g/mol. The second-order valence-electron chi connectivity index (χ2n) is 5.74. The zero-order chi connectivity index (χ0) is 17.2. The smallest absolute Gasteiger partial charge is 0.297 e. The first-order valence-electron chi connectivity index (χ1n) is 7.80. The van der Waals surface area contributed by atoms with Crippen molar-refractivity contribution in [3.8, 4) is 6.01 Å². The van der Waals surface area contributed by atoms with E-state index in [1.807, 2.05) is 60.0 Å². The summed E-state index contributed by atoms with van der Waals surface area (Å²) in [5.41, 5.74) is 3.59. The van der Waals surface area contributed by atoms with E-state index in [4.69, 9.17) is 4.74 Å². The van der Waals surface area contributed by atoms with Gasteiger partial charge in [0, 0.05) is 6.26 Å². The molecule has 0 saturated carbocycles. The van der Waals surface area contributed by atoms with Crippen LogP contribution in [0.15, 0.2) is 48.5 Å². The van der Waals surface area contributed by atoms with Crippen molar-refractivity contribution in [3.05, 3.63) is 59.7 Å². The van der Waals surface area contributed by atoms with Crippen molar-refractivity contribution >= 4 is 20.9 Å². The Morgan fingerprint density at radius 2 is 1.71 bits per heavy atom. The van der Waals surface area contributed by atoms with Crippen molar-refractivity contribution in [2.24, 2.45) is 0 Å². The van der Waals surface area contributed by atoms with Crippen molar-refractivity contribution in [2.45, 2.75) is 19.2 Å². The molecule has 0 atom stereocenters. The van der Waals surface area contributed by atoms with Crippen LogP contribution in [0.3, 0.4) is 0 Å². The van der Waals surface area contributed by atoms with E-state index in [0.717, 1.165) is 22.2 Å². The second-order valence-corrected chi connectivity index (χ2v) is 7.88. The number of nitrogens with zero attached hydrogens (tertiary/aromatic N) is 2. The van der Waals surface area contributed by atoms with Gasteiger partial charge in [-0.2, -0.15) is 4.98 Å². The minimum absolute atomic E-state index is 0.0276. The summed E-state index contributed by atoms with van der Waals surface area (Å²) in [5.74, 6) is 0.0276. The summed E-state index contributed by atoms with van der Waals surface area (Å²) in [5, 5.41) is 0. The van der Waals surface area contributed by atoms with Gasteiger partial charge in [-0.15, -0.1) is 0 Å². The Bertz CT molecular complexity index is 961. The Hall–Kier alpha value is -2.34. The summed E-state index contributed by atoms with van der Waals surface area (Å²) in [7, 11) is -3.10. The van der Waals surface area contributed by atoms with Gasteiger partial charge in [-0.3, -0.25) is 4.57 Å². The minimum Gasteiger partial charge on any atom is -0.465 e. The van der Waals surface area contributed by atoms with E-state index in [2.05, 4.69) is 4.98 Å². The van der Waals surface area contributed by atoms with Gasteiger partial charge in [-0.25, -0.2) is 8.42 Å². The van der Waals surface area contributed by atoms with Crippen molar-refractivity contribution in [1.29, 1.82) is 0 Å². The highest BCUT2D eigenvalue weighted by atomic mass is 32.2. The van der Waals surface area contributed by atoms with Crippen molar-refractivity contribution in [1.82, 2.24) is 9.55 Å². The number of aromatic nitrogens is 2. The topological polar surface area (TPSA) is 61.2 Å². The molecule has 3 rings (SSSR count). The number of sulfone groups is 1. The van der Waals surface area contributed by atoms with Crippen LogP contribution in [0.4, 0.5) is 0 Å². The number of ether oxygens (including phenoxy) is 1. The molecule has 0 bridgehead atoms. The molecule has 0 N–H and O–H groups in total. The summed E-state index contributed by atoms with van der Waals surface area (Å²) in [6.07, 6.45) is 1.25. The van der Waals surface area contributed by atoms with Crippen LogP contribution in [-0.4, -0.2) is 30.8 Å². The number of rotatable bonds is 6. The minimum atomic E-state index is -3.10. The first-order chi connectivity index (χ1) is 11.5. The lowest BCUT2D eigenvalue weighted by atomic mass is 10.1. The molecular weight excluding hydrogens is 324 g/mol. The fraction of sp³-hybridized carbons (Fsp3) is 0.278. The standard InChI is InChI=1S/C18H20N2O3S/c1-3-23-18-19-16-10-6-7-11-17(16)20(18)12-14-8-4-5-9-15(14)13-24(2,21)22/h4-11H,3,12-13H2,1-2H3. The highest BCUT2D eigenvalue weighted by molar-refractivity contribution is 7.89. The fourth-order valence-corrected chi connectivity index (χ4v) is 3.60. The average Bonchev–Trinajstić information content (AvgIpc) is 2.86. The molecule has 1 heterocycles. The quantitative estimate of drug-likeness (QED) is 0.689. The third-order valence-electron chi connectivity index (χ3n) is 3.76. The first kappa shape index (κ1) is 16.5. The molecule has 6 heteroatoms. The van der Waals surface area contributed by atoms with E-state index in [0.29, 0.717) is 19.2 Å². The van der Waals surface area contributed by atoms with Crippen LogP contribution in [-0.2, 0) is 22.1 Å². The maximum Gasteiger partial charge on any atom is 0.297 e. The van der Waals surface area contributed by atoms with Crippen LogP contribution in [0.25, 0.3) is 11.0 Å². The Morgan fingerprint density at radius 3 is 2.42 bits per heavy atom. The predicted octanol–water partition coefficient (Wildman–Crippen LogP) is 3.03. The highest BCUT2D eigenvalue weighted by Crippen LogP contribution is 2.24. The van der Waals surface area contributed by atoms with Crippen LogP contribution in [0, 0.1) is 0 Å². The van der Waals surface area contributed by atoms with Gasteiger partial charge in [0.2, 0.25) is 0 Å². The lowest BCUT2D eigenvalue weighted by molar-refractivity contribution is 0.301. The van der Waals surface area contributed by atoms with Gasteiger partial charge in [0.25, 0.3) is 6.01 Å². The SMILES string of the molecule is CCOc1nc2ccccc2n1Cc1ccccc1CS(C)(=O)=O. The van der Waals surface area contributed by atoms with E-state index in [1.54, 1.807) is 0 Å². The molecule has 0 spiro atoms. The zero-order valence-corrected chi connectivity index (χ0v) is 14.6. The third-order valence-corrected chi connectivity index (χ3v) is 4.59. The molecule has 2 aromatic carbocycles. The molecular formula is C18H20N2O3S. The molecule has 0 amide bonds. The fourth-order valence-electron chi connectivity index (χ4n) is 2.75.